The zero-order chi connectivity index (χ0) is 20.8. The van der Waals surface area contributed by atoms with Crippen LogP contribution in [-0.4, -0.2) is 41.2 Å². The summed E-state index contributed by atoms with van der Waals surface area (Å²) in [5.74, 6) is 0.382. The number of sulfonamides is 1. The number of hydrogen-bond donors (Lipinski definition) is 2. The van der Waals surface area contributed by atoms with Crippen LogP contribution in [0.4, 0.5) is 5.69 Å². The molecule has 1 saturated heterocycles. The molecule has 0 unspecified atom stereocenters. The van der Waals surface area contributed by atoms with Crippen molar-refractivity contribution in [2.75, 3.05) is 24.2 Å². The van der Waals surface area contributed by atoms with Crippen molar-refractivity contribution in [3.63, 3.8) is 0 Å². The number of H-pyrrole nitrogens is 1. The van der Waals surface area contributed by atoms with Crippen molar-refractivity contribution in [3.8, 4) is 0 Å². The molecule has 1 aromatic heterocycles. The molecule has 2 heterocycles. The normalized spacial score (nSPS) is 16.4. The third kappa shape index (κ3) is 3.90. The van der Waals surface area contributed by atoms with Gasteiger partial charge in [-0.25, -0.2) is 22.0 Å². The van der Waals surface area contributed by atoms with Gasteiger partial charge in [0, 0.05) is 36.4 Å². The van der Waals surface area contributed by atoms with Crippen molar-refractivity contribution in [2.45, 2.75) is 28.6 Å². The lowest BCUT2D eigenvalue weighted by atomic mass is 9.89. The van der Waals surface area contributed by atoms with Gasteiger partial charge in [-0.2, -0.15) is 0 Å². The monoisotopic (exact) mass is 433 g/mol. The molecule has 1 aliphatic heterocycles. The van der Waals surface area contributed by atoms with E-state index in [1.54, 1.807) is 6.07 Å². The molecule has 0 radical (unpaired) electrons. The van der Waals surface area contributed by atoms with E-state index in [0.717, 1.165) is 30.7 Å². The summed E-state index contributed by atoms with van der Waals surface area (Å²) in [7, 11) is -7.60. The molecule has 4 rings (SSSR count). The lowest BCUT2D eigenvalue weighted by Crippen LogP contribution is -2.34. The quantitative estimate of drug-likeness (QED) is 0.657. The minimum atomic E-state index is -3.98. The van der Waals surface area contributed by atoms with Crippen LogP contribution in [0, 0.1) is 0 Å². The highest BCUT2D eigenvalue weighted by Gasteiger charge is 2.27. The summed E-state index contributed by atoms with van der Waals surface area (Å²) in [6.07, 6.45) is 4.90. The number of para-hydroxylation sites is 1. The number of anilines is 1. The zero-order valence-corrected chi connectivity index (χ0v) is 17.6. The maximum Gasteiger partial charge on any atom is 0.238 e. The van der Waals surface area contributed by atoms with Gasteiger partial charge in [0.15, 0.2) is 9.84 Å². The Bertz CT molecular complexity index is 1270. The Morgan fingerprint density at radius 3 is 2.38 bits per heavy atom. The number of fused-ring (bicyclic) bond motifs is 1. The summed E-state index contributed by atoms with van der Waals surface area (Å²) in [6, 6.07) is 12.3. The van der Waals surface area contributed by atoms with Crippen LogP contribution >= 0.6 is 0 Å². The van der Waals surface area contributed by atoms with Gasteiger partial charge in [0.1, 0.15) is 0 Å². The van der Waals surface area contributed by atoms with Crippen molar-refractivity contribution < 1.29 is 16.8 Å². The lowest BCUT2D eigenvalue weighted by Gasteiger charge is -2.34. The second kappa shape index (κ2) is 7.16. The minimum absolute atomic E-state index is 0.00503. The van der Waals surface area contributed by atoms with E-state index in [4.69, 9.17) is 5.14 Å². The van der Waals surface area contributed by atoms with E-state index in [0.29, 0.717) is 24.7 Å². The predicted molar refractivity (Wildman–Crippen MR) is 113 cm³/mol. The Labute approximate surface area is 170 Å². The Morgan fingerprint density at radius 2 is 1.72 bits per heavy atom. The number of benzene rings is 2. The summed E-state index contributed by atoms with van der Waals surface area (Å²) in [6.45, 7) is 1.36. The molecule has 0 spiro atoms. The maximum absolute atomic E-state index is 12.3. The molecule has 2 aromatic carbocycles. The molecule has 3 N–H and O–H groups in total. The minimum Gasteiger partial charge on any atom is -0.370 e. The fraction of sp³-hybridized carbons (Fsp3) is 0.300. The van der Waals surface area contributed by atoms with Crippen LogP contribution in [-0.2, 0) is 19.9 Å². The van der Waals surface area contributed by atoms with E-state index < -0.39 is 19.9 Å². The first-order valence-corrected chi connectivity index (χ1v) is 12.8. The predicted octanol–water partition coefficient (Wildman–Crippen LogP) is 2.60. The van der Waals surface area contributed by atoms with Crippen LogP contribution in [0.3, 0.4) is 0 Å². The molecule has 0 aliphatic carbocycles. The van der Waals surface area contributed by atoms with Crippen LogP contribution in [0.5, 0.6) is 0 Å². The van der Waals surface area contributed by atoms with E-state index >= 15 is 0 Å². The number of nitrogens with one attached hydrogen (secondary N) is 1. The second-order valence-corrected chi connectivity index (χ2v) is 11.0. The highest BCUT2D eigenvalue weighted by Crippen LogP contribution is 2.36. The van der Waals surface area contributed by atoms with Crippen LogP contribution in [0.15, 0.2) is 58.5 Å². The number of hydrogen-bond acceptors (Lipinski definition) is 5. The summed E-state index contributed by atoms with van der Waals surface area (Å²) in [5, 5.41) is 6.40. The van der Waals surface area contributed by atoms with E-state index in [9.17, 15) is 16.8 Å². The largest absolute Gasteiger partial charge is 0.370 e. The Hall–Kier alpha value is -2.36. The zero-order valence-electron chi connectivity index (χ0n) is 16.0. The van der Waals surface area contributed by atoms with Crippen molar-refractivity contribution in [1.29, 1.82) is 0 Å². The van der Waals surface area contributed by atoms with Crippen molar-refractivity contribution in [2.24, 2.45) is 5.14 Å². The lowest BCUT2D eigenvalue weighted by molar-refractivity contribution is 0.505. The molecule has 29 heavy (non-hydrogen) atoms. The van der Waals surface area contributed by atoms with Gasteiger partial charge in [-0.15, -0.1) is 0 Å². The highest BCUT2D eigenvalue weighted by molar-refractivity contribution is 7.91. The van der Waals surface area contributed by atoms with Gasteiger partial charge in [0.25, 0.3) is 0 Å². The number of aromatic amines is 1. The van der Waals surface area contributed by atoms with Crippen LogP contribution in [0.25, 0.3) is 10.9 Å². The summed E-state index contributed by atoms with van der Waals surface area (Å²) in [4.78, 5) is 5.12. The molecule has 0 saturated carbocycles. The number of primary sulfonamides is 1. The Balaban J connectivity index is 1.61. The third-order valence-electron chi connectivity index (χ3n) is 5.56. The summed E-state index contributed by atoms with van der Waals surface area (Å²) in [5.41, 5.74) is 2.92. The fourth-order valence-electron chi connectivity index (χ4n) is 4.09. The molecule has 0 bridgehead atoms. The number of rotatable bonds is 4. The van der Waals surface area contributed by atoms with Gasteiger partial charge in [-0.05, 0) is 48.6 Å². The first kappa shape index (κ1) is 19.9. The number of piperidine rings is 1. The maximum atomic E-state index is 12.3. The second-order valence-electron chi connectivity index (χ2n) is 7.50. The molecule has 0 amide bonds. The molecule has 9 heteroatoms. The molecular weight excluding hydrogens is 410 g/mol. The molecule has 7 nitrogen and oxygen atoms in total. The Morgan fingerprint density at radius 1 is 1.03 bits per heavy atom. The van der Waals surface area contributed by atoms with Gasteiger partial charge in [0.05, 0.1) is 15.5 Å². The first-order valence-electron chi connectivity index (χ1n) is 9.32. The average Bonchev–Trinajstić information content (AvgIpc) is 3.10. The van der Waals surface area contributed by atoms with Gasteiger partial charge in [0.2, 0.25) is 10.0 Å². The van der Waals surface area contributed by atoms with E-state index in [2.05, 4.69) is 23.3 Å². The van der Waals surface area contributed by atoms with E-state index in [1.807, 2.05) is 17.0 Å². The third-order valence-corrected chi connectivity index (χ3v) is 7.59. The molecule has 0 atom stereocenters. The highest BCUT2D eigenvalue weighted by atomic mass is 32.2. The number of sulfone groups is 1. The van der Waals surface area contributed by atoms with Gasteiger partial charge >= 0.3 is 0 Å². The van der Waals surface area contributed by atoms with Crippen LogP contribution < -0.4 is 10.0 Å². The summed E-state index contributed by atoms with van der Waals surface area (Å²) < 4.78 is 47.9. The molecule has 1 aliphatic rings. The number of nitrogens with two attached hydrogens (primary N) is 1. The molecule has 3 aromatic rings. The first-order chi connectivity index (χ1) is 13.6. The molecular formula is C20H23N3O4S2. The average molecular weight is 434 g/mol. The van der Waals surface area contributed by atoms with Crippen molar-refractivity contribution >= 4 is 36.5 Å². The standard InChI is InChI=1S/C20H23N3O4S2/c1-28(24,25)20-12-15(29(21,26)27)6-7-19(20)23-10-8-14(9-11-23)17-13-22-18-5-3-2-4-16(17)18/h2-7,12-14,22H,8-11H2,1H3,(H2,21,26,27). The smallest absolute Gasteiger partial charge is 0.238 e. The molecule has 1 fully saturated rings. The Kier molecular flexibility index (Phi) is 4.92. The van der Waals surface area contributed by atoms with Crippen LogP contribution in [0.1, 0.15) is 24.3 Å². The van der Waals surface area contributed by atoms with Gasteiger partial charge in [-0.1, -0.05) is 18.2 Å². The summed E-state index contributed by atoms with van der Waals surface area (Å²) >= 11 is 0. The van der Waals surface area contributed by atoms with Gasteiger partial charge < -0.3 is 9.88 Å². The van der Waals surface area contributed by atoms with E-state index in [-0.39, 0.29) is 9.79 Å². The van der Waals surface area contributed by atoms with Crippen LogP contribution in [0.2, 0.25) is 0 Å². The van der Waals surface area contributed by atoms with Crippen molar-refractivity contribution in [3.05, 3.63) is 54.2 Å². The van der Waals surface area contributed by atoms with E-state index in [1.165, 1.54) is 17.0 Å². The SMILES string of the molecule is CS(=O)(=O)c1cc(S(N)(=O)=O)ccc1N1CCC(c2c[nH]c3ccccc23)CC1. The number of nitrogens with zero attached hydrogens (tertiary/aromatic N) is 1. The van der Waals surface area contributed by atoms with Crippen molar-refractivity contribution in [1.82, 2.24) is 4.98 Å². The number of aromatic nitrogens is 1. The fourth-order valence-corrected chi connectivity index (χ4v) is 5.63. The topological polar surface area (TPSA) is 113 Å². The molecule has 154 valence electrons. The van der Waals surface area contributed by atoms with Gasteiger partial charge in [-0.3, -0.25) is 0 Å².